The lowest BCUT2D eigenvalue weighted by Crippen LogP contribution is -2.27. The molecule has 0 aliphatic carbocycles. The summed E-state index contributed by atoms with van der Waals surface area (Å²) < 4.78 is 5.05. The van der Waals surface area contributed by atoms with Crippen molar-refractivity contribution in [2.75, 3.05) is 19.0 Å². The summed E-state index contributed by atoms with van der Waals surface area (Å²) in [5, 5.41) is 5.81. The fourth-order valence-corrected chi connectivity index (χ4v) is 1.61. The number of hydrogen-bond acceptors (Lipinski definition) is 5. The first-order chi connectivity index (χ1) is 9.78. The third-order valence-corrected chi connectivity index (χ3v) is 2.61. The van der Waals surface area contributed by atoms with Crippen molar-refractivity contribution in [3.8, 4) is 5.75 Å². The molecule has 2 rings (SSSR count). The van der Waals surface area contributed by atoms with Crippen molar-refractivity contribution in [2.45, 2.75) is 6.54 Å². The fourth-order valence-electron chi connectivity index (χ4n) is 1.61. The minimum atomic E-state index is -0.107. The largest absolute Gasteiger partial charge is 0.497 e. The minimum absolute atomic E-state index is 0.107. The molecule has 0 radical (unpaired) electrons. The zero-order valence-electron chi connectivity index (χ0n) is 11.2. The predicted octanol–water partition coefficient (Wildman–Crippen LogP) is 1.21. The number of nitrogens with one attached hydrogen (secondary N) is 2. The lowest BCUT2D eigenvalue weighted by atomic mass is 10.3. The van der Waals surface area contributed by atoms with E-state index in [2.05, 4.69) is 20.6 Å². The maximum absolute atomic E-state index is 11.7. The number of amides is 1. The third kappa shape index (κ3) is 4.33. The van der Waals surface area contributed by atoms with Crippen LogP contribution >= 0.6 is 0 Å². The molecular weight excluding hydrogens is 256 g/mol. The Morgan fingerprint density at radius 3 is 2.70 bits per heavy atom. The molecule has 0 aliphatic heterocycles. The van der Waals surface area contributed by atoms with Crippen molar-refractivity contribution < 1.29 is 9.53 Å². The van der Waals surface area contributed by atoms with Crippen LogP contribution in [0.15, 0.2) is 42.9 Å². The zero-order valence-corrected chi connectivity index (χ0v) is 11.2. The highest BCUT2D eigenvalue weighted by Gasteiger charge is 2.02. The number of carbonyl (C=O) groups excluding carboxylic acids is 1. The zero-order chi connectivity index (χ0) is 14.2. The van der Waals surface area contributed by atoms with Gasteiger partial charge in [-0.05, 0) is 30.3 Å². The number of rotatable bonds is 6. The van der Waals surface area contributed by atoms with Crippen LogP contribution in [0.5, 0.6) is 5.75 Å². The van der Waals surface area contributed by atoms with Gasteiger partial charge in [0, 0.05) is 18.4 Å². The van der Waals surface area contributed by atoms with E-state index in [1.54, 1.807) is 43.6 Å². The van der Waals surface area contributed by atoms with Crippen molar-refractivity contribution in [1.29, 1.82) is 0 Å². The molecule has 0 spiro atoms. The van der Waals surface area contributed by atoms with Crippen LogP contribution in [0, 0.1) is 0 Å². The number of benzene rings is 1. The van der Waals surface area contributed by atoms with Crippen molar-refractivity contribution in [2.24, 2.45) is 0 Å². The third-order valence-electron chi connectivity index (χ3n) is 2.61. The molecule has 6 heteroatoms. The van der Waals surface area contributed by atoms with Crippen LogP contribution in [-0.4, -0.2) is 29.5 Å². The van der Waals surface area contributed by atoms with Crippen LogP contribution in [0.1, 0.15) is 5.69 Å². The second-order valence-electron chi connectivity index (χ2n) is 4.08. The van der Waals surface area contributed by atoms with E-state index in [4.69, 9.17) is 4.74 Å². The molecule has 0 atom stereocenters. The first-order valence-electron chi connectivity index (χ1n) is 6.17. The maximum Gasteiger partial charge on any atom is 0.238 e. The summed E-state index contributed by atoms with van der Waals surface area (Å²) in [5.41, 5.74) is 1.58. The van der Waals surface area contributed by atoms with Gasteiger partial charge >= 0.3 is 0 Å². The minimum Gasteiger partial charge on any atom is -0.497 e. The maximum atomic E-state index is 11.7. The van der Waals surface area contributed by atoms with E-state index in [9.17, 15) is 4.79 Å². The monoisotopic (exact) mass is 272 g/mol. The lowest BCUT2D eigenvalue weighted by Gasteiger charge is -2.07. The van der Waals surface area contributed by atoms with E-state index in [0.29, 0.717) is 6.54 Å². The second-order valence-corrected chi connectivity index (χ2v) is 4.08. The van der Waals surface area contributed by atoms with Crippen LogP contribution in [-0.2, 0) is 11.3 Å². The average molecular weight is 272 g/mol. The van der Waals surface area contributed by atoms with Crippen LogP contribution < -0.4 is 15.4 Å². The molecule has 1 heterocycles. The van der Waals surface area contributed by atoms with Crippen LogP contribution in [0.3, 0.4) is 0 Å². The highest BCUT2D eigenvalue weighted by atomic mass is 16.5. The molecule has 0 saturated carbocycles. The highest BCUT2D eigenvalue weighted by molar-refractivity contribution is 5.92. The summed E-state index contributed by atoms with van der Waals surface area (Å²) in [4.78, 5) is 19.6. The molecule has 0 fully saturated rings. The number of nitrogens with zero attached hydrogens (tertiary/aromatic N) is 2. The average Bonchev–Trinajstić information content (AvgIpc) is 2.49. The summed E-state index contributed by atoms with van der Waals surface area (Å²) in [6.45, 7) is 0.745. The van der Waals surface area contributed by atoms with E-state index >= 15 is 0 Å². The van der Waals surface area contributed by atoms with Crippen LogP contribution in [0.25, 0.3) is 0 Å². The SMILES string of the molecule is COc1ccc(NC(=O)CNCc2ccncn2)cc1. The summed E-state index contributed by atoms with van der Waals surface area (Å²) in [6.07, 6.45) is 3.15. The first-order valence-corrected chi connectivity index (χ1v) is 6.17. The van der Waals surface area contributed by atoms with E-state index in [1.807, 2.05) is 0 Å². The molecule has 0 aliphatic rings. The van der Waals surface area contributed by atoms with Gasteiger partial charge in [-0.1, -0.05) is 0 Å². The molecule has 0 unspecified atom stereocenters. The molecule has 1 aromatic carbocycles. The number of methoxy groups -OCH3 is 1. The second kappa shape index (κ2) is 7.20. The Hall–Kier alpha value is -2.47. The molecule has 1 amide bonds. The molecular formula is C14H16N4O2. The number of anilines is 1. The topological polar surface area (TPSA) is 76.1 Å². The number of carbonyl (C=O) groups is 1. The van der Waals surface area contributed by atoms with Crippen LogP contribution in [0.2, 0.25) is 0 Å². The van der Waals surface area contributed by atoms with Gasteiger partial charge in [-0.2, -0.15) is 0 Å². The van der Waals surface area contributed by atoms with Gasteiger partial charge in [0.2, 0.25) is 5.91 Å². The molecule has 1 aromatic heterocycles. The van der Waals surface area contributed by atoms with E-state index < -0.39 is 0 Å². The van der Waals surface area contributed by atoms with Crippen molar-refractivity contribution in [3.63, 3.8) is 0 Å². The fraction of sp³-hybridized carbons (Fsp3) is 0.214. The Balaban J connectivity index is 1.74. The number of aromatic nitrogens is 2. The molecule has 20 heavy (non-hydrogen) atoms. The summed E-state index contributed by atoms with van der Waals surface area (Å²) >= 11 is 0. The van der Waals surface area contributed by atoms with E-state index in [-0.39, 0.29) is 12.5 Å². The Morgan fingerprint density at radius 1 is 1.25 bits per heavy atom. The van der Waals surface area contributed by atoms with Gasteiger partial charge in [0.1, 0.15) is 12.1 Å². The Labute approximate surface area is 117 Å². The van der Waals surface area contributed by atoms with E-state index in [0.717, 1.165) is 17.1 Å². The molecule has 2 aromatic rings. The quantitative estimate of drug-likeness (QED) is 0.826. The van der Waals surface area contributed by atoms with Crippen LogP contribution in [0.4, 0.5) is 5.69 Å². The number of hydrogen-bond donors (Lipinski definition) is 2. The normalized spacial score (nSPS) is 10.1. The highest BCUT2D eigenvalue weighted by Crippen LogP contribution is 2.14. The smallest absolute Gasteiger partial charge is 0.238 e. The predicted molar refractivity (Wildman–Crippen MR) is 75.4 cm³/mol. The van der Waals surface area contributed by atoms with Gasteiger partial charge in [0.15, 0.2) is 0 Å². The van der Waals surface area contributed by atoms with Gasteiger partial charge in [-0.25, -0.2) is 9.97 Å². The molecule has 6 nitrogen and oxygen atoms in total. The van der Waals surface area contributed by atoms with Gasteiger partial charge in [-0.15, -0.1) is 0 Å². The number of ether oxygens (including phenoxy) is 1. The molecule has 104 valence electrons. The lowest BCUT2D eigenvalue weighted by molar-refractivity contribution is -0.115. The standard InChI is InChI=1S/C14H16N4O2/c1-20-13-4-2-11(3-5-13)18-14(19)9-16-8-12-6-7-15-10-17-12/h2-7,10,16H,8-9H2,1H3,(H,18,19). The van der Waals surface area contributed by atoms with Gasteiger partial charge in [-0.3, -0.25) is 4.79 Å². The summed E-state index contributed by atoms with van der Waals surface area (Å²) in [5.74, 6) is 0.647. The summed E-state index contributed by atoms with van der Waals surface area (Å²) in [6, 6.07) is 8.98. The van der Waals surface area contributed by atoms with Gasteiger partial charge in [0.25, 0.3) is 0 Å². The van der Waals surface area contributed by atoms with E-state index in [1.165, 1.54) is 6.33 Å². The first kappa shape index (κ1) is 14.0. The Kier molecular flexibility index (Phi) is 5.02. The Morgan fingerprint density at radius 2 is 2.05 bits per heavy atom. The van der Waals surface area contributed by atoms with Crippen molar-refractivity contribution >= 4 is 11.6 Å². The van der Waals surface area contributed by atoms with Gasteiger partial charge < -0.3 is 15.4 Å². The van der Waals surface area contributed by atoms with Crippen molar-refractivity contribution in [3.05, 3.63) is 48.5 Å². The molecule has 0 bridgehead atoms. The van der Waals surface area contributed by atoms with Crippen molar-refractivity contribution in [1.82, 2.24) is 15.3 Å². The molecule has 2 N–H and O–H groups in total. The summed E-state index contributed by atoms with van der Waals surface area (Å²) in [7, 11) is 1.60. The van der Waals surface area contributed by atoms with Gasteiger partial charge in [0.05, 0.1) is 19.3 Å². The molecule has 0 saturated heterocycles. The Bertz CT molecular complexity index is 543.